The third kappa shape index (κ3) is 12.5. The number of thioether (sulfide) groups is 1. The predicted molar refractivity (Wildman–Crippen MR) is 101 cm³/mol. The van der Waals surface area contributed by atoms with Crippen molar-refractivity contribution in [3.05, 3.63) is 0 Å². The fourth-order valence-electron chi connectivity index (χ4n) is 1.72. The van der Waals surface area contributed by atoms with Crippen molar-refractivity contribution in [1.29, 1.82) is 0 Å². The number of amidine groups is 1. The number of carbonyl (C=O) groups is 2. The van der Waals surface area contributed by atoms with Crippen LogP contribution in [0, 0.1) is 0 Å². The third-order valence-electron chi connectivity index (χ3n) is 2.61. The summed E-state index contributed by atoms with van der Waals surface area (Å²) in [7, 11) is 0. The average molecular weight is 377 g/mol. The highest BCUT2D eigenvalue weighted by atomic mass is 32.2. The smallest absolute Gasteiger partial charge is 0.408 e. The molecule has 1 atom stereocenters. The molecule has 0 rings (SSSR count). The molecule has 8 nitrogen and oxygen atoms in total. The van der Waals surface area contributed by atoms with Crippen LogP contribution in [-0.4, -0.2) is 47.3 Å². The minimum Gasteiger partial charge on any atom is -0.458 e. The van der Waals surface area contributed by atoms with Gasteiger partial charge in [0.1, 0.15) is 17.2 Å². The number of hydrazine groups is 1. The Bertz CT molecular complexity index is 464. The van der Waals surface area contributed by atoms with Crippen LogP contribution in [0.25, 0.3) is 0 Å². The van der Waals surface area contributed by atoms with Crippen molar-refractivity contribution in [1.82, 2.24) is 10.7 Å². The van der Waals surface area contributed by atoms with E-state index in [0.717, 1.165) is 0 Å². The molecule has 0 bridgehead atoms. The minimum atomic E-state index is -0.798. The molecule has 0 aliphatic carbocycles. The standard InChI is InChI=1S/C16H32N4O4S/c1-15(2,3)23-12(21)11(19-14(22)24-16(4,5)6)9-8-10-18-13(20-17)25-7/h11H,8-10,17H2,1-7H3,(H,18,20)(H,19,22)/t11-/m0/s1. The highest BCUT2D eigenvalue weighted by Crippen LogP contribution is 2.12. The largest absolute Gasteiger partial charge is 0.458 e. The summed E-state index contributed by atoms with van der Waals surface area (Å²) >= 11 is 1.39. The topological polar surface area (TPSA) is 115 Å². The molecule has 0 radical (unpaired) electrons. The molecule has 4 N–H and O–H groups in total. The van der Waals surface area contributed by atoms with Gasteiger partial charge in [-0.15, -0.1) is 0 Å². The molecule has 0 aliphatic heterocycles. The second kappa shape index (κ2) is 10.5. The Kier molecular flexibility index (Phi) is 9.88. The molecule has 0 saturated heterocycles. The number of hydrogen-bond donors (Lipinski definition) is 3. The lowest BCUT2D eigenvalue weighted by molar-refractivity contribution is -0.157. The van der Waals surface area contributed by atoms with E-state index in [2.05, 4.69) is 15.7 Å². The first-order chi connectivity index (χ1) is 11.4. The number of esters is 1. The van der Waals surface area contributed by atoms with E-state index < -0.39 is 29.3 Å². The highest BCUT2D eigenvalue weighted by Gasteiger charge is 2.28. The Hall–Kier alpha value is -1.48. The molecule has 0 aromatic heterocycles. The van der Waals surface area contributed by atoms with Crippen molar-refractivity contribution in [3.8, 4) is 0 Å². The first kappa shape index (κ1) is 23.5. The van der Waals surface area contributed by atoms with Gasteiger partial charge >= 0.3 is 12.1 Å². The summed E-state index contributed by atoms with van der Waals surface area (Å²) in [5.41, 5.74) is 1.20. The van der Waals surface area contributed by atoms with Crippen molar-refractivity contribution in [2.24, 2.45) is 10.8 Å². The first-order valence-electron chi connectivity index (χ1n) is 8.15. The van der Waals surface area contributed by atoms with E-state index in [0.29, 0.717) is 24.6 Å². The van der Waals surface area contributed by atoms with E-state index in [4.69, 9.17) is 15.3 Å². The highest BCUT2D eigenvalue weighted by molar-refractivity contribution is 8.13. The molecule has 9 heteroatoms. The summed E-state index contributed by atoms with van der Waals surface area (Å²) in [6, 6.07) is -0.798. The molecule has 0 unspecified atom stereocenters. The Morgan fingerprint density at radius 2 is 1.68 bits per heavy atom. The van der Waals surface area contributed by atoms with Gasteiger partial charge in [0.2, 0.25) is 0 Å². The van der Waals surface area contributed by atoms with Crippen LogP contribution in [-0.2, 0) is 14.3 Å². The maximum Gasteiger partial charge on any atom is 0.408 e. The van der Waals surface area contributed by atoms with Gasteiger partial charge in [-0.25, -0.2) is 15.4 Å². The van der Waals surface area contributed by atoms with Crippen LogP contribution in [0.4, 0.5) is 4.79 Å². The predicted octanol–water partition coefficient (Wildman–Crippen LogP) is 2.18. The van der Waals surface area contributed by atoms with Crippen LogP contribution in [0.15, 0.2) is 4.99 Å². The summed E-state index contributed by atoms with van der Waals surface area (Å²) in [6.45, 7) is 11.1. The number of nitrogens with one attached hydrogen (secondary N) is 2. The third-order valence-corrected chi connectivity index (χ3v) is 3.24. The molecular weight excluding hydrogens is 344 g/mol. The number of hydrogen-bond acceptors (Lipinski definition) is 7. The molecule has 1 amide bonds. The lowest BCUT2D eigenvalue weighted by atomic mass is 10.1. The molecule has 146 valence electrons. The zero-order valence-electron chi connectivity index (χ0n) is 16.3. The molecule has 0 fully saturated rings. The van der Waals surface area contributed by atoms with Crippen molar-refractivity contribution in [2.75, 3.05) is 12.8 Å². The van der Waals surface area contributed by atoms with Gasteiger partial charge in [0.25, 0.3) is 0 Å². The second-order valence-electron chi connectivity index (χ2n) is 7.41. The minimum absolute atomic E-state index is 0.379. The monoisotopic (exact) mass is 376 g/mol. The molecule has 0 spiro atoms. The van der Waals surface area contributed by atoms with Crippen LogP contribution in [0.1, 0.15) is 54.4 Å². The number of aliphatic imine (C=N–C) groups is 1. The van der Waals surface area contributed by atoms with Gasteiger partial charge in [0.15, 0.2) is 5.17 Å². The Labute approximate surface area is 154 Å². The summed E-state index contributed by atoms with van der Waals surface area (Å²) in [4.78, 5) is 28.6. The normalized spacial score (nSPS) is 13.8. The van der Waals surface area contributed by atoms with E-state index >= 15 is 0 Å². The summed E-state index contributed by atoms with van der Waals surface area (Å²) in [6.07, 6.45) is 2.15. The van der Waals surface area contributed by atoms with Crippen molar-refractivity contribution < 1.29 is 19.1 Å². The van der Waals surface area contributed by atoms with Gasteiger partial charge < -0.3 is 20.2 Å². The van der Waals surface area contributed by atoms with Gasteiger partial charge in [0.05, 0.1) is 0 Å². The Morgan fingerprint density at radius 3 is 2.12 bits per heavy atom. The van der Waals surface area contributed by atoms with E-state index in [1.165, 1.54) is 11.8 Å². The number of nitrogens with zero attached hydrogens (tertiary/aromatic N) is 1. The average Bonchev–Trinajstić information content (AvgIpc) is 2.42. The lowest BCUT2D eigenvalue weighted by Crippen LogP contribution is -2.46. The van der Waals surface area contributed by atoms with Gasteiger partial charge in [0, 0.05) is 6.54 Å². The Morgan fingerprint density at radius 1 is 1.12 bits per heavy atom. The fraction of sp³-hybridized carbons (Fsp3) is 0.812. The second-order valence-corrected chi connectivity index (χ2v) is 8.20. The van der Waals surface area contributed by atoms with Crippen LogP contribution < -0.4 is 16.6 Å². The SMILES string of the molecule is CSC(=NCCC[C@H](NC(=O)OC(C)(C)C)C(=O)OC(C)(C)C)NN. The molecule has 0 heterocycles. The van der Waals surface area contributed by atoms with Crippen LogP contribution in [0.3, 0.4) is 0 Å². The number of amides is 1. The van der Waals surface area contributed by atoms with Gasteiger partial charge in [-0.2, -0.15) is 0 Å². The van der Waals surface area contributed by atoms with Crippen LogP contribution in [0.2, 0.25) is 0 Å². The molecule has 0 aromatic carbocycles. The number of nitrogens with two attached hydrogens (primary N) is 1. The van der Waals surface area contributed by atoms with E-state index in [1.807, 2.05) is 6.26 Å². The zero-order valence-corrected chi connectivity index (χ0v) is 17.1. The maximum atomic E-state index is 12.3. The van der Waals surface area contributed by atoms with Crippen molar-refractivity contribution in [2.45, 2.75) is 71.6 Å². The van der Waals surface area contributed by atoms with Crippen molar-refractivity contribution in [3.63, 3.8) is 0 Å². The van der Waals surface area contributed by atoms with Crippen molar-refractivity contribution >= 4 is 29.0 Å². The van der Waals surface area contributed by atoms with Gasteiger partial charge in [-0.05, 0) is 60.6 Å². The maximum absolute atomic E-state index is 12.3. The lowest BCUT2D eigenvalue weighted by Gasteiger charge is -2.26. The number of carbonyl (C=O) groups excluding carboxylic acids is 2. The zero-order chi connectivity index (χ0) is 19.7. The number of ether oxygens (including phenoxy) is 2. The van der Waals surface area contributed by atoms with Crippen LogP contribution >= 0.6 is 11.8 Å². The fourth-order valence-corrected chi connectivity index (χ4v) is 2.06. The van der Waals surface area contributed by atoms with E-state index in [1.54, 1.807) is 41.5 Å². The van der Waals surface area contributed by atoms with E-state index in [9.17, 15) is 9.59 Å². The van der Waals surface area contributed by atoms with E-state index in [-0.39, 0.29) is 0 Å². The molecule has 25 heavy (non-hydrogen) atoms. The molecular formula is C16H32N4O4S. The molecule has 0 saturated carbocycles. The van der Waals surface area contributed by atoms with Gasteiger partial charge in [-0.1, -0.05) is 11.8 Å². The Balaban J connectivity index is 4.81. The molecule has 0 aromatic rings. The first-order valence-corrected chi connectivity index (χ1v) is 9.38. The molecule has 0 aliphatic rings. The van der Waals surface area contributed by atoms with Crippen LogP contribution in [0.5, 0.6) is 0 Å². The summed E-state index contributed by atoms with van der Waals surface area (Å²) < 4.78 is 10.6. The van der Waals surface area contributed by atoms with Gasteiger partial charge in [-0.3, -0.25) is 4.99 Å². The quantitative estimate of drug-likeness (QED) is 0.162. The summed E-state index contributed by atoms with van der Waals surface area (Å²) in [5.74, 6) is 4.82. The number of rotatable bonds is 6. The summed E-state index contributed by atoms with van der Waals surface area (Å²) in [5, 5.41) is 3.19. The number of alkyl carbamates (subject to hydrolysis) is 1.